The highest BCUT2D eigenvalue weighted by Crippen LogP contribution is 2.20. The van der Waals surface area contributed by atoms with Gasteiger partial charge in [0.1, 0.15) is 0 Å². The maximum atomic E-state index is 11.9. The van der Waals surface area contributed by atoms with E-state index < -0.39 is 0 Å². The van der Waals surface area contributed by atoms with Crippen molar-refractivity contribution in [2.24, 2.45) is 0 Å². The number of rotatable bonds is 3. The Morgan fingerprint density at radius 2 is 1.68 bits per heavy atom. The number of halogens is 1. The van der Waals surface area contributed by atoms with Crippen LogP contribution in [0, 0.1) is 0 Å². The molecule has 0 saturated carbocycles. The van der Waals surface area contributed by atoms with Crippen molar-refractivity contribution in [2.45, 2.75) is 0 Å². The molecule has 2 rings (SSSR count). The summed E-state index contributed by atoms with van der Waals surface area (Å²) in [7, 11) is 1.38. The molecule has 2 aromatic carbocycles. The van der Waals surface area contributed by atoms with Crippen LogP contribution in [0.3, 0.4) is 0 Å². The molecule has 0 aromatic heterocycles. The normalized spacial score (nSPS) is 11.2. The third-order valence-corrected chi connectivity index (χ3v) is 2.92. The van der Waals surface area contributed by atoms with E-state index in [1.54, 1.807) is 18.2 Å². The van der Waals surface area contributed by atoms with Crippen LogP contribution in [0.1, 0.15) is 11.1 Å². The average Bonchev–Trinajstić information content (AvgIpc) is 2.47. The molecule has 0 aliphatic heterocycles. The first-order chi connectivity index (χ1) is 9.20. The monoisotopic (exact) mass is 272 g/mol. The predicted molar refractivity (Wildman–Crippen MR) is 77.8 cm³/mol. The summed E-state index contributed by atoms with van der Waals surface area (Å²) in [4.78, 5) is 11.9. The number of esters is 1. The molecule has 96 valence electrons. The lowest BCUT2D eigenvalue weighted by Crippen LogP contribution is -2.03. The van der Waals surface area contributed by atoms with Gasteiger partial charge in [0.2, 0.25) is 0 Å². The minimum atomic E-state index is -0.360. The Morgan fingerprint density at radius 3 is 2.26 bits per heavy atom. The van der Waals surface area contributed by atoms with Crippen molar-refractivity contribution in [3.63, 3.8) is 0 Å². The van der Waals surface area contributed by atoms with E-state index in [1.807, 2.05) is 42.5 Å². The second-order valence-corrected chi connectivity index (χ2v) is 4.40. The smallest absolute Gasteiger partial charge is 0.338 e. The van der Waals surface area contributed by atoms with E-state index in [4.69, 9.17) is 16.3 Å². The molecule has 2 nitrogen and oxygen atoms in total. The van der Waals surface area contributed by atoms with E-state index in [9.17, 15) is 4.79 Å². The highest BCUT2D eigenvalue weighted by molar-refractivity contribution is 6.30. The predicted octanol–water partition coefficient (Wildman–Crippen LogP) is 4.05. The first-order valence-electron chi connectivity index (χ1n) is 5.81. The van der Waals surface area contributed by atoms with E-state index >= 15 is 0 Å². The summed E-state index contributed by atoms with van der Waals surface area (Å²) in [5.41, 5.74) is 2.24. The Morgan fingerprint density at radius 1 is 1.05 bits per heavy atom. The SMILES string of the molecule is COC(=O)/C(=C/c1ccc(Cl)cc1)c1ccccc1. The summed E-state index contributed by atoms with van der Waals surface area (Å²) in [5, 5.41) is 0.663. The van der Waals surface area contributed by atoms with Gasteiger partial charge in [-0.15, -0.1) is 0 Å². The van der Waals surface area contributed by atoms with Crippen LogP contribution in [0.15, 0.2) is 54.6 Å². The molecular weight excluding hydrogens is 260 g/mol. The van der Waals surface area contributed by atoms with Gasteiger partial charge in [0.25, 0.3) is 0 Å². The molecule has 0 saturated heterocycles. The van der Waals surface area contributed by atoms with Crippen LogP contribution >= 0.6 is 11.6 Å². The topological polar surface area (TPSA) is 26.3 Å². The van der Waals surface area contributed by atoms with Crippen LogP contribution in [-0.2, 0) is 9.53 Å². The van der Waals surface area contributed by atoms with Gasteiger partial charge in [0.05, 0.1) is 12.7 Å². The Balaban J connectivity index is 2.44. The molecule has 0 aliphatic rings. The summed E-state index contributed by atoms with van der Waals surface area (Å²) >= 11 is 5.84. The molecule has 2 aromatic rings. The van der Waals surface area contributed by atoms with Crippen molar-refractivity contribution in [3.05, 3.63) is 70.7 Å². The quantitative estimate of drug-likeness (QED) is 0.479. The lowest BCUT2D eigenvalue weighted by molar-refractivity contribution is -0.133. The fraction of sp³-hybridized carbons (Fsp3) is 0.0625. The van der Waals surface area contributed by atoms with Gasteiger partial charge in [-0.05, 0) is 29.3 Å². The molecule has 0 N–H and O–H groups in total. The van der Waals surface area contributed by atoms with Crippen LogP contribution in [0.4, 0.5) is 0 Å². The summed E-state index contributed by atoms with van der Waals surface area (Å²) < 4.78 is 4.83. The van der Waals surface area contributed by atoms with Gasteiger partial charge >= 0.3 is 5.97 Å². The minimum absolute atomic E-state index is 0.360. The maximum absolute atomic E-state index is 11.9. The fourth-order valence-corrected chi connectivity index (χ4v) is 1.84. The second-order valence-electron chi connectivity index (χ2n) is 3.97. The first kappa shape index (κ1) is 13.4. The Kier molecular flexibility index (Phi) is 4.37. The molecule has 0 bridgehead atoms. The second kappa shape index (κ2) is 6.21. The van der Waals surface area contributed by atoms with Crippen LogP contribution < -0.4 is 0 Å². The third-order valence-electron chi connectivity index (χ3n) is 2.67. The van der Waals surface area contributed by atoms with Gasteiger partial charge in [-0.1, -0.05) is 54.1 Å². The Bertz CT molecular complexity index is 586. The Labute approximate surface area is 117 Å². The van der Waals surface area contributed by atoms with Crippen molar-refractivity contribution in [3.8, 4) is 0 Å². The van der Waals surface area contributed by atoms with E-state index in [0.29, 0.717) is 10.6 Å². The average molecular weight is 273 g/mol. The molecule has 3 heteroatoms. The van der Waals surface area contributed by atoms with Crippen LogP contribution in [0.5, 0.6) is 0 Å². The number of hydrogen-bond donors (Lipinski definition) is 0. The highest BCUT2D eigenvalue weighted by Gasteiger charge is 2.11. The molecule has 0 aliphatic carbocycles. The molecule has 0 heterocycles. The number of carbonyl (C=O) groups excluding carboxylic acids is 1. The maximum Gasteiger partial charge on any atom is 0.338 e. The van der Waals surface area contributed by atoms with E-state index in [0.717, 1.165) is 11.1 Å². The van der Waals surface area contributed by atoms with E-state index in [2.05, 4.69) is 0 Å². The van der Waals surface area contributed by atoms with Crippen molar-refractivity contribution in [2.75, 3.05) is 7.11 Å². The molecule has 0 radical (unpaired) electrons. The number of hydrogen-bond acceptors (Lipinski definition) is 2. The van der Waals surface area contributed by atoms with Gasteiger partial charge < -0.3 is 4.74 Å². The molecule has 0 spiro atoms. The summed E-state index contributed by atoms with van der Waals surface area (Å²) in [6.45, 7) is 0. The Hall–Kier alpha value is -2.06. The standard InChI is InChI=1S/C16H13ClO2/c1-19-16(18)15(13-5-3-2-4-6-13)11-12-7-9-14(17)10-8-12/h2-11H,1H3/b15-11+. The first-order valence-corrected chi connectivity index (χ1v) is 6.19. The third kappa shape index (κ3) is 3.46. The zero-order valence-corrected chi connectivity index (χ0v) is 11.2. The number of carbonyl (C=O) groups is 1. The molecular formula is C16H13ClO2. The molecule has 0 fully saturated rings. The van der Waals surface area contributed by atoms with Gasteiger partial charge in [-0.25, -0.2) is 4.79 Å². The minimum Gasteiger partial charge on any atom is -0.465 e. The van der Waals surface area contributed by atoms with Crippen molar-refractivity contribution >= 4 is 29.2 Å². The zero-order chi connectivity index (χ0) is 13.7. The summed E-state index contributed by atoms with van der Waals surface area (Å²) in [6, 6.07) is 16.7. The number of ether oxygens (including phenoxy) is 1. The van der Waals surface area contributed by atoms with Gasteiger partial charge in [-0.2, -0.15) is 0 Å². The van der Waals surface area contributed by atoms with Crippen LogP contribution in [-0.4, -0.2) is 13.1 Å². The summed E-state index contributed by atoms with van der Waals surface area (Å²) in [6.07, 6.45) is 1.79. The van der Waals surface area contributed by atoms with Crippen molar-refractivity contribution in [1.82, 2.24) is 0 Å². The summed E-state index contributed by atoms with van der Waals surface area (Å²) in [5.74, 6) is -0.360. The lowest BCUT2D eigenvalue weighted by Gasteiger charge is -2.06. The van der Waals surface area contributed by atoms with Gasteiger partial charge in [0, 0.05) is 5.02 Å². The highest BCUT2D eigenvalue weighted by atomic mass is 35.5. The van der Waals surface area contributed by atoms with Crippen molar-refractivity contribution in [1.29, 1.82) is 0 Å². The zero-order valence-electron chi connectivity index (χ0n) is 10.5. The van der Waals surface area contributed by atoms with Crippen LogP contribution in [0.25, 0.3) is 11.6 Å². The number of benzene rings is 2. The van der Waals surface area contributed by atoms with E-state index in [-0.39, 0.29) is 5.97 Å². The van der Waals surface area contributed by atoms with E-state index in [1.165, 1.54) is 7.11 Å². The molecule has 0 atom stereocenters. The van der Waals surface area contributed by atoms with Crippen LogP contribution in [0.2, 0.25) is 5.02 Å². The van der Waals surface area contributed by atoms with Crippen molar-refractivity contribution < 1.29 is 9.53 Å². The molecule has 0 amide bonds. The molecule has 0 unspecified atom stereocenters. The lowest BCUT2D eigenvalue weighted by atomic mass is 10.0. The molecule has 19 heavy (non-hydrogen) atoms. The largest absolute Gasteiger partial charge is 0.465 e. The number of methoxy groups -OCH3 is 1. The van der Waals surface area contributed by atoms with Gasteiger partial charge in [-0.3, -0.25) is 0 Å². The van der Waals surface area contributed by atoms with Gasteiger partial charge in [0.15, 0.2) is 0 Å². The fourth-order valence-electron chi connectivity index (χ4n) is 1.71.